The maximum atomic E-state index is 5.30. The summed E-state index contributed by atoms with van der Waals surface area (Å²) in [4.78, 5) is 31.2. The molecule has 1 aliphatic rings. The molecule has 1 aliphatic carbocycles. The number of rotatable bonds is 7. The first kappa shape index (κ1) is 40.6. The highest BCUT2D eigenvalue weighted by molar-refractivity contribution is 6.26. The van der Waals surface area contributed by atoms with Gasteiger partial charge in [0, 0.05) is 60.5 Å². The molecule has 8 nitrogen and oxygen atoms in total. The van der Waals surface area contributed by atoms with Gasteiger partial charge in [0.05, 0.1) is 22.1 Å². The van der Waals surface area contributed by atoms with E-state index in [-0.39, 0.29) is 5.41 Å². The van der Waals surface area contributed by atoms with Crippen LogP contribution in [0.5, 0.6) is 0 Å². The molecule has 0 atom stereocenters. The van der Waals surface area contributed by atoms with Gasteiger partial charge in [-0.3, -0.25) is 4.57 Å². The molecule has 9 aromatic carbocycles. The minimum absolute atomic E-state index is 0.109. The molecule has 4 heterocycles. The van der Waals surface area contributed by atoms with Crippen LogP contribution in [-0.4, -0.2) is 39.0 Å². The van der Waals surface area contributed by atoms with Crippen LogP contribution in [0.15, 0.2) is 218 Å². The molecule has 0 saturated heterocycles. The average molecular weight is 911 g/mol. The summed E-state index contributed by atoms with van der Waals surface area (Å²) in [6, 6.07) is 76.1. The fraction of sp³-hybridized carbons (Fsp3) is 0.0476. The fourth-order valence-corrected chi connectivity index (χ4v) is 10.9. The van der Waals surface area contributed by atoms with Gasteiger partial charge in [-0.15, -0.1) is 0 Å². The molecule has 13 aromatic rings. The molecule has 8 heteroatoms. The van der Waals surface area contributed by atoms with Crippen molar-refractivity contribution in [2.75, 3.05) is 0 Å². The van der Waals surface area contributed by atoms with E-state index in [9.17, 15) is 0 Å². The van der Waals surface area contributed by atoms with Crippen LogP contribution in [0.3, 0.4) is 0 Å². The van der Waals surface area contributed by atoms with Crippen LogP contribution in [0.4, 0.5) is 0 Å². The number of fused-ring (bicyclic) bond motifs is 10. The minimum atomic E-state index is -0.109. The average Bonchev–Trinajstić information content (AvgIpc) is 4.04. The molecule has 0 radical (unpaired) electrons. The van der Waals surface area contributed by atoms with Gasteiger partial charge in [0.15, 0.2) is 29.1 Å². The van der Waals surface area contributed by atoms with Crippen molar-refractivity contribution in [2.24, 2.45) is 0 Å². The summed E-state index contributed by atoms with van der Waals surface area (Å²) in [6.45, 7) is 4.61. The second kappa shape index (κ2) is 15.8. The lowest BCUT2D eigenvalue weighted by atomic mass is 9.82. The van der Waals surface area contributed by atoms with Crippen molar-refractivity contribution in [1.82, 2.24) is 39.0 Å². The Kier molecular flexibility index (Phi) is 9.06. The van der Waals surface area contributed by atoms with Crippen LogP contribution in [0.2, 0.25) is 0 Å². The van der Waals surface area contributed by atoms with E-state index in [0.717, 1.165) is 77.1 Å². The van der Waals surface area contributed by atoms with Gasteiger partial charge in [-0.25, -0.2) is 19.9 Å². The summed E-state index contributed by atoms with van der Waals surface area (Å²) >= 11 is 0. The zero-order chi connectivity index (χ0) is 47.2. The molecule has 0 unspecified atom stereocenters. The summed E-state index contributed by atoms with van der Waals surface area (Å²) in [7, 11) is 0. The molecular formula is C63H42N8. The Morgan fingerprint density at radius 1 is 0.324 bits per heavy atom. The number of nitrogens with zero attached hydrogens (tertiary/aromatic N) is 8. The highest BCUT2D eigenvalue weighted by atomic mass is 15.2. The molecule has 0 amide bonds. The van der Waals surface area contributed by atoms with Gasteiger partial charge in [-0.1, -0.05) is 196 Å². The van der Waals surface area contributed by atoms with E-state index < -0.39 is 0 Å². The summed E-state index contributed by atoms with van der Waals surface area (Å²) in [5, 5.41) is 4.48. The van der Waals surface area contributed by atoms with E-state index in [1.807, 2.05) is 78.9 Å². The molecule has 4 aromatic heterocycles. The van der Waals surface area contributed by atoms with E-state index in [1.165, 1.54) is 22.3 Å². The van der Waals surface area contributed by atoms with Crippen molar-refractivity contribution in [1.29, 1.82) is 0 Å². The summed E-state index contributed by atoms with van der Waals surface area (Å²) < 4.78 is 4.59. The highest BCUT2D eigenvalue weighted by Crippen LogP contribution is 2.49. The van der Waals surface area contributed by atoms with Crippen LogP contribution < -0.4 is 0 Å². The minimum Gasteiger partial charge on any atom is -0.309 e. The third-order valence-corrected chi connectivity index (χ3v) is 14.2. The number of para-hydroxylation sites is 2. The predicted octanol–water partition coefficient (Wildman–Crippen LogP) is 14.9. The molecule has 0 saturated carbocycles. The van der Waals surface area contributed by atoms with Crippen molar-refractivity contribution in [3.05, 3.63) is 230 Å². The number of hydrogen-bond acceptors (Lipinski definition) is 6. The number of benzene rings is 9. The standard InChI is InChI=1S/C63H42N8/c1-63(2)50-30-15-12-27-45(50)49-38-43(33-35-51(49)63)61-65-57(39-19-6-3-7-20-39)64-60(67-61)42-25-18-26-44(37-42)70-52-31-16-13-28-46(52)47-34-36-54-55(56(47)70)48-29-14-17-32-53(48)71(54)62-68-58(40-21-8-4-9-22-40)66-59(69-62)41-23-10-5-11-24-41/h3-38H,1-2H3. The lowest BCUT2D eigenvalue weighted by Gasteiger charge is -2.21. The Balaban J connectivity index is 0.983. The second-order valence-electron chi connectivity index (χ2n) is 18.7. The summed E-state index contributed by atoms with van der Waals surface area (Å²) in [6.07, 6.45) is 0. The first-order chi connectivity index (χ1) is 35.0. The third kappa shape index (κ3) is 6.45. The first-order valence-corrected chi connectivity index (χ1v) is 24.0. The lowest BCUT2D eigenvalue weighted by molar-refractivity contribution is 0.660. The van der Waals surface area contributed by atoms with Crippen molar-refractivity contribution in [3.63, 3.8) is 0 Å². The monoisotopic (exact) mass is 910 g/mol. The Morgan fingerprint density at radius 2 is 0.817 bits per heavy atom. The molecule has 14 rings (SSSR count). The van der Waals surface area contributed by atoms with Crippen LogP contribution in [0.25, 0.3) is 123 Å². The number of aromatic nitrogens is 8. The zero-order valence-corrected chi connectivity index (χ0v) is 38.9. The smallest absolute Gasteiger partial charge is 0.238 e. The third-order valence-electron chi connectivity index (χ3n) is 14.2. The van der Waals surface area contributed by atoms with Crippen LogP contribution in [0, 0.1) is 0 Å². The van der Waals surface area contributed by atoms with Crippen LogP contribution >= 0.6 is 0 Å². The fourth-order valence-electron chi connectivity index (χ4n) is 10.9. The van der Waals surface area contributed by atoms with E-state index >= 15 is 0 Å². The molecule has 0 fully saturated rings. The van der Waals surface area contributed by atoms with Crippen LogP contribution in [-0.2, 0) is 5.41 Å². The summed E-state index contributed by atoms with van der Waals surface area (Å²) in [5.74, 6) is 3.60. The topological polar surface area (TPSA) is 87.2 Å². The van der Waals surface area contributed by atoms with Gasteiger partial charge in [-0.2, -0.15) is 9.97 Å². The molecule has 71 heavy (non-hydrogen) atoms. The van der Waals surface area contributed by atoms with E-state index in [4.69, 9.17) is 29.9 Å². The van der Waals surface area contributed by atoms with Crippen molar-refractivity contribution in [3.8, 4) is 79.7 Å². The second-order valence-corrected chi connectivity index (χ2v) is 18.7. The highest BCUT2D eigenvalue weighted by Gasteiger charge is 2.35. The molecule has 0 aliphatic heterocycles. The first-order valence-electron chi connectivity index (χ1n) is 24.0. The van der Waals surface area contributed by atoms with Crippen molar-refractivity contribution < 1.29 is 0 Å². The molecular weight excluding hydrogens is 869 g/mol. The van der Waals surface area contributed by atoms with Crippen LogP contribution in [0.1, 0.15) is 25.0 Å². The van der Waals surface area contributed by atoms with Gasteiger partial charge in [0.2, 0.25) is 5.95 Å². The van der Waals surface area contributed by atoms with Crippen molar-refractivity contribution >= 4 is 43.6 Å². The van der Waals surface area contributed by atoms with Crippen molar-refractivity contribution in [2.45, 2.75) is 19.3 Å². The zero-order valence-electron chi connectivity index (χ0n) is 38.9. The normalized spacial score (nSPS) is 12.8. The maximum Gasteiger partial charge on any atom is 0.238 e. The Morgan fingerprint density at radius 3 is 1.46 bits per heavy atom. The molecule has 334 valence electrons. The van der Waals surface area contributed by atoms with Gasteiger partial charge >= 0.3 is 0 Å². The summed E-state index contributed by atoms with van der Waals surface area (Å²) in [5.41, 5.74) is 14.7. The Hall–Kier alpha value is -9.40. The quantitative estimate of drug-likeness (QED) is 0.158. The Labute approximate surface area is 409 Å². The van der Waals surface area contributed by atoms with E-state index in [2.05, 4.69) is 163 Å². The number of hydrogen-bond donors (Lipinski definition) is 0. The lowest BCUT2D eigenvalue weighted by Crippen LogP contribution is -2.14. The molecule has 0 N–H and O–H groups in total. The van der Waals surface area contributed by atoms with Gasteiger partial charge < -0.3 is 4.57 Å². The predicted molar refractivity (Wildman–Crippen MR) is 287 cm³/mol. The van der Waals surface area contributed by atoms with E-state index in [0.29, 0.717) is 35.1 Å². The largest absolute Gasteiger partial charge is 0.309 e. The van der Waals surface area contributed by atoms with Gasteiger partial charge in [0.25, 0.3) is 0 Å². The SMILES string of the molecule is CC1(C)c2ccccc2-c2cc(-c3nc(-c4ccccc4)nc(-c4cccc(-n5c6ccccc6c6ccc7c(c8ccccc8n7-c7nc(-c8ccccc8)nc(-c8ccccc8)n7)c65)c4)n3)ccc21. The Bertz CT molecular complexity index is 4190. The molecule has 0 spiro atoms. The van der Waals surface area contributed by atoms with Gasteiger partial charge in [-0.05, 0) is 58.7 Å². The van der Waals surface area contributed by atoms with Gasteiger partial charge in [0.1, 0.15) is 0 Å². The molecule has 0 bridgehead atoms. The maximum absolute atomic E-state index is 5.30. The van der Waals surface area contributed by atoms with E-state index in [1.54, 1.807) is 0 Å².